The number of sulfonamides is 1. The van der Waals surface area contributed by atoms with Gasteiger partial charge in [-0.3, -0.25) is 4.79 Å². The predicted molar refractivity (Wildman–Crippen MR) is 183 cm³/mol. The first-order valence-electron chi connectivity index (χ1n) is 16.2. The van der Waals surface area contributed by atoms with Crippen molar-refractivity contribution < 1.29 is 23.1 Å². The van der Waals surface area contributed by atoms with Gasteiger partial charge in [0.15, 0.2) is 0 Å². The first-order valence-corrected chi connectivity index (χ1v) is 17.7. The van der Waals surface area contributed by atoms with Gasteiger partial charge < -0.3 is 15.2 Å². The number of unbranched alkanes of at least 4 members (excludes halogenated alkanes) is 5. The number of carbonyl (C=O) groups is 1. The summed E-state index contributed by atoms with van der Waals surface area (Å²) in [6, 6.07) is 23.2. The lowest BCUT2D eigenvalue weighted by molar-refractivity contribution is 0.102. The summed E-state index contributed by atoms with van der Waals surface area (Å²) >= 11 is 0. The highest BCUT2D eigenvalue weighted by Crippen LogP contribution is 2.29. The number of phenolic OH excluding ortho intramolecular Hbond substituents is 1. The number of hydrogen-bond donors (Lipinski definition) is 3. The number of nitrogens with one attached hydrogen (secondary N) is 2. The molecule has 0 spiro atoms. The van der Waals surface area contributed by atoms with Crippen molar-refractivity contribution in [2.45, 2.75) is 83.0 Å². The second kappa shape index (κ2) is 17.0. The van der Waals surface area contributed by atoms with Crippen LogP contribution < -0.4 is 14.8 Å². The standard InChI is InChI=1S/C37H46N2O5S/c1-3-5-7-14-28-20-23-35(30(26-28)16-8-6-4-2)44-25-12-11-24-38-45(42,43)32-18-13-17-31(27-32)39-37(41)34-22-21-29-15-9-10-19-33(29)36(34)40/h9-10,13,15,17-23,26-27,38,40H,3-8,11-12,14,16,24-25H2,1-2H3,(H,39,41). The van der Waals surface area contributed by atoms with E-state index in [1.54, 1.807) is 36.4 Å². The molecule has 0 aliphatic heterocycles. The van der Waals surface area contributed by atoms with Crippen LogP contribution in [0.2, 0.25) is 0 Å². The molecule has 0 saturated heterocycles. The fraction of sp³-hybridized carbons (Fsp3) is 0.378. The zero-order chi connectivity index (χ0) is 32.1. The van der Waals surface area contributed by atoms with Crippen LogP contribution in [0.4, 0.5) is 5.69 Å². The van der Waals surface area contributed by atoms with Crippen LogP contribution in [0.25, 0.3) is 10.8 Å². The monoisotopic (exact) mass is 630 g/mol. The molecule has 0 heterocycles. The minimum absolute atomic E-state index is 0.0510. The molecule has 0 aliphatic rings. The summed E-state index contributed by atoms with van der Waals surface area (Å²) in [5, 5.41) is 14.7. The summed E-state index contributed by atoms with van der Waals surface area (Å²) in [5.74, 6) is 0.286. The number of phenols is 1. The maximum atomic E-state index is 13.0. The van der Waals surface area contributed by atoms with E-state index in [9.17, 15) is 18.3 Å². The van der Waals surface area contributed by atoms with Crippen LogP contribution in [0, 0.1) is 0 Å². The zero-order valence-electron chi connectivity index (χ0n) is 26.5. The first-order chi connectivity index (χ1) is 21.8. The Morgan fingerprint density at radius 3 is 2.38 bits per heavy atom. The van der Waals surface area contributed by atoms with Gasteiger partial charge in [-0.05, 0) is 85.4 Å². The van der Waals surface area contributed by atoms with Gasteiger partial charge >= 0.3 is 0 Å². The van der Waals surface area contributed by atoms with Crippen molar-refractivity contribution in [3.05, 3.63) is 95.6 Å². The number of aromatic hydroxyl groups is 1. The maximum Gasteiger partial charge on any atom is 0.259 e. The van der Waals surface area contributed by atoms with E-state index in [1.807, 2.05) is 12.1 Å². The number of fused-ring (bicyclic) bond motifs is 1. The zero-order valence-corrected chi connectivity index (χ0v) is 27.3. The van der Waals surface area contributed by atoms with E-state index in [4.69, 9.17) is 4.74 Å². The SMILES string of the molecule is CCCCCc1ccc(OCCCCNS(=O)(=O)c2cccc(NC(=O)c3ccc4ccccc4c3O)c2)c(CCCCC)c1. The molecule has 8 heteroatoms. The van der Waals surface area contributed by atoms with Crippen LogP contribution >= 0.6 is 0 Å². The van der Waals surface area contributed by atoms with E-state index < -0.39 is 15.9 Å². The fourth-order valence-corrected chi connectivity index (χ4v) is 6.47. The van der Waals surface area contributed by atoms with Crippen LogP contribution in [0.5, 0.6) is 11.5 Å². The van der Waals surface area contributed by atoms with E-state index in [0.29, 0.717) is 30.5 Å². The number of hydrogen-bond acceptors (Lipinski definition) is 5. The highest BCUT2D eigenvalue weighted by molar-refractivity contribution is 7.89. The van der Waals surface area contributed by atoms with Crippen molar-refractivity contribution in [1.29, 1.82) is 0 Å². The second-order valence-corrected chi connectivity index (χ2v) is 13.2. The second-order valence-electron chi connectivity index (χ2n) is 11.5. The van der Waals surface area contributed by atoms with Crippen LogP contribution in [0.1, 0.15) is 86.7 Å². The molecule has 4 aromatic rings. The van der Waals surface area contributed by atoms with Crippen molar-refractivity contribution in [1.82, 2.24) is 4.72 Å². The molecule has 0 radical (unpaired) electrons. The molecule has 45 heavy (non-hydrogen) atoms. The van der Waals surface area contributed by atoms with Crippen molar-refractivity contribution in [2.24, 2.45) is 0 Å². The Bertz CT molecular complexity index is 1670. The Morgan fingerprint density at radius 1 is 0.800 bits per heavy atom. The van der Waals surface area contributed by atoms with Crippen LogP contribution in [0.3, 0.4) is 0 Å². The molecule has 4 aromatic carbocycles. The molecule has 3 N–H and O–H groups in total. The Morgan fingerprint density at radius 2 is 1.58 bits per heavy atom. The largest absolute Gasteiger partial charge is 0.506 e. The van der Waals surface area contributed by atoms with Crippen LogP contribution in [-0.2, 0) is 22.9 Å². The lowest BCUT2D eigenvalue weighted by Crippen LogP contribution is -2.25. The third-order valence-electron chi connectivity index (χ3n) is 7.91. The number of benzene rings is 4. The van der Waals surface area contributed by atoms with Crippen molar-refractivity contribution >= 4 is 32.4 Å². The van der Waals surface area contributed by atoms with E-state index in [-0.39, 0.29) is 22.8 Å². The molecular weight excluding hydrogens is 584 g/mol. The third-order valence-corrected chi connectivity index (χ3v) is 9.37. The van der Waals surface area contributed by atoms with Crippen LogP contribution in [-0.4, -0.2) is 32.6 Å². The molecule has 4 rings (SSSR count). The highest BCUT2D eigenvalue weighted by atomic mass is 32.2. The topological polar surface area (TPSA) is 105 Å². The number of ether oxygens (including phenoxy) is 1. The summed E-state index contributed by atoms with van der Waals surface area (Å²) < 4.78 is 34.8. The summed E-state index contributed by atoms with van der Waals surface area (Å²) in [4.78, 5) is 13.0. The van der Waals surface area contributed by atoms with Gasteiger partial charge in [-0.2, -0.15) is 0 Å². The first kappa shape index (κ1) is 34.0. The molecule has 0 bridgehead atoms. The molecule has 0 unspecified atom stereocenters. The molecule has 240 valence electrons. The lowest BCUT2D eigenvalue weighted by atomic mass is 10.00. The molecule has 0 aliphatic carbocycles. The lowest BCUT2D eigenvalue weighted by Gasteiger charge is -2.14. The van der Waals surface area contributed by atoms with Gasteiger partial charge in [-0.1, -0.05) is 88.1 Å². The molecular formula is C37H46N2O5S. The number of rotatable bonds is 18. The fourth-order valence-electron chi connectivity index (χ4n) is 5.35. The van der Waals surface area contributed by atoms with Crippen LogP contribution in [0.15, 0.2) is 83.8 Å². The molecule has 0 saturated carbocycles. The number of amides is 1. The van der Waals surface area contributed by atoms with Gasteiger partial charge in [0.2, 0.25) is 10.0 Å². The van der Waals surface area contributed by atoms with Crippen molar-refractivity contribution in [3.63, 3.8) is 0 Å². The average molecular weight is 631 g/mol. The maximum absolute atomic E-state index is 13.0. The summed E-state index contributed by atoms with van der Waals surface area (Å²) in [5.41, 5.74) is 3.06. The van der Waals surface area contributed by atoms with Gasteiger partial charge in [-0.25, -0.2) is 13.1 Å². The Labute approximate surface area is 268 Å². The van der Waals surface area contributed by atoms with Gasteiger partial charge in [0.05, 0.1) is 17.1 Å². The smallest absolute Gasteiger partial charge is 0.259 e. The quantitative estimate of drug-likeness (QED) is 0.0958. The highest BCUT2D eigenvalue weighted by Gasteiger charge is 2.17. The Hall–Kier alpha value is -3.88. The van der Waals surface area contributed by atoms with Gasteiger partial charge in [0.1, 0.15) is 11.5 Å². The Kier molecular flexibility index (Phi) is 12.8. The summed E-state index contributed by atoms with van der Waals surface area (Å²) in [6.07, 6.45) is 10.6. The van der Waals surface area contributed by atoms with Crippen molar-refractivity contribution in [3.8, 4) is 11.5 Å². The minimum atomic E-state index is -3.79. The predicted octanol–water partition coefficient (Wildman–Crippen LogP) is 8.40. The summed E-state index contributed by atoms with van der Waals surface area (Å²) in [6.45, 7) is 5.22. The number of anilines is 1. The van der Waals surface area contributed by atoms with Gasteiger partial charge in [0.25, 0.3) is 5.91 Å². The molecule has 0 fully saturated rings. The number of aryl methyl sites for hydroxylation is 2. The van der Waals surface area contributed by atoms with E-state index in [2.05, 4.69) is 42.1 Å². The number of carbonyl (C=O) groups excluding carboxylic acids is 1. The third kappa shape index (κ3) is 9.80. The average Bonchev–Trinajstić information content (AvgIpc) is 3.04. The van der Waals surface area contributed by atoms with Gasteiger partial charge in [0, 0.05) is 17.6 Å². The Balaban J connectivity index is 1.27. The summed E-state index contributed by atoms with van der Waals surface area (Å²) in [7, 11) is -3.79. The van der Waals surface area contributed by atoms with E-state index in [0.717, 1.165) is 30.4 Å². The minimum Gasteiger partial charge on any atom is -0.506 e. The molecule has 0 aromatic heterocycles. The molecule has 1 amide bonds. The molecule has 0 atom stereocenters. The van der Waals surface area contributed by atoms with Gasteiger partial charge in [-0.15, -0.1) is 0 Å². The van der Waals surface area contributed by atoms with Crippen molar-refractivity contribution in [2.75, 3.05) is 18.5 Å². The van der Waals surface area contributed by atoms with E-state index in [1.165, 1.54) is 55.4 Å². The molecule has 7 nitrogen and oxygen atoms in total. The van der Waals surface area contributed by atoms with E-state index >= 15 is 0 Å². The normalized spacial score (nSPS) is 11.5.